The standard InChI is InChI=1S/C26H30ClNO6.ClH/c1-15-7-21(8-16(2)25(15)27)34-24-14-32-23-9-20(5-6-22(23)26(24)30)31-13-19(29)12-28-10-17(3)33-18(4)11-28;/h5-9,14,17-19,29H,10-13H2,1-4H3;1H. The highest BCUT2D eigenvalue weighted by Gasteiger charge is 2.24. The molecule has 1 saturated heterocycles. The molecular formula is C26H31Cl2NO6. The van der Waals surface area contributed by atoms with Crippen molar-refractivity contribution < 1.29 is 23.7 Å². The Morgan fingerprint density at radius 1 is 1.11 bits per heavy atom. The molecule has 1 fully saturated rings. The Labute approximate surface area is 215 Å². The summed E-state index contributed by atoms with van der Waals surface area (Å²) in [4.78, 5) is 15.1. The minimum absolute atomic E-state index is 0. The zero-order valence-electron chi connectivity index (χ0n) is 20.2. The third-order valence-corrected chi connectivity index (χ3v) is 6.35. The van der Waals surface area contributed by atoms with Gasteiger partial charge in [0.15, 0.2) is 0 Å². The van der Waals surface area contributed by atoms with E-state index in [-0.39, 0.29) is 42.4 Å². The zero-order valence-corrected chi connectivity index (χ0v) is 21.8. The molecule has 1 aromatic heterocycles. The predicted octanol–water partition coefficient (Wildman–Crippen LogP) is 5.13. The maximum absolute atomic E-state index is 12.9. The van der Waals surface area contributed by atoms with Gasteiger partial charge in [0.05, 0.1) is 17.6 Å². The third-order valence-electron chi connectivity index (χ3n) is 5.76. The number of nitrogens with zero attached hydrogens (tertiary/aromatic N) is 1. The second-order valence-electron chi connectivity index (χ2n) is 9.00. The summed E-state index contributed by atoms with van der Waals surface area (Å²) in [6, 6.07) is 8.52. The van der Waals surface area contributed by atoms with Crippen molar-refractivity contribution in [2.24, 2.45) is 0 Å². The fourth-order valence-electron chi connectivity index (χ4n) is 4.32. The fourth-order valence-corrected chi connectivity index (χ4v) is 4.43. The van der Waals surface area contributed by atoms with Crippen molar-refractivity contribution in [1.29, 1.82) is 0 Å². The number of aliphatic hydroxyl groups excluding tert-OH is 1. The van der Waals surface area contributed by atoms with Gasteiger partial charge in [-0.25, -0.2) is 0 Å². The van der Waals surface area contributed by atoms with Gasteiger partial charge in [0.1, 0.15) is 36.1 Å². The maximum Gasteiger partial charge on any atom is 0.235 e. The Balaban J connectivity index is 0.00000342. The summed E-state index contributed by atoms with van der Waals surface area (Å²) in [5.41, 5.74) is 1.82. The minimum Gasteiger partial charge on any atom is -0.491 e. The number of hydrogen-bond donors (Lipinski definition) is 1. The Morgan fingerprint density at radius 2 is 1.77 bits per heavy atom. The lowest BCUT2D eigenvalue weighted by molar-refractivity contribution is -0.0786. The van der Waals surface area contributed by atoms with Gasteiger partial charge in [0.25, 0.3) is 0 Å². The molecule has 1 N–H and O–H groups in total. The first kappa shape index (κ1) is 27.3. The molecule has 0 saturated carbocycles. The highest BCUT2D eigenvalue weighted by Crippen LogP contribution is 2.29. The highest BCUT2D eigenvalue weighted by molar-refractivity contribution is 6.32. The predicted molar refractivity (Wildman–Crippen MR) is 139 cm³/mol. The topological polar surface area (TPSA) is 81.4 Å². The molecule has 3 unspecified atom stereocenters. The van der Waals surface area contributed by atoms with Crippen LogP contribution in [0.5, 0.6) is 17.2 Å². The molecule has 7 nitrogen and oxygen atoms in total. The van der Waals surface area contributed by atoms with Crippen LogP contribution < -0.4 is 14.9 Å². The summed E-state index contributed by atoms with van der Waals surface area (Å²) >= 11 is 6.21. The Hall–Kier alpha value is -2.29. The van der Waals surface area contributed by atoms with Crippen LogP contribution in [0, 0.1) is 13.8 Å². The molecule has 0 spiro atoms. The number of hydrogen-bond acceptors (Lipinski definition) is 7. The van der Waals surface area contributed by atoms with E-state index in [4.69, 9.17) is 30.2 Å². The Bertz CT molecular complexity index is 1200. The first-order valence-electron chi connectivity index (χ1n) is 11.4. The van der Waals surface area contributed by atoms with Gasteiger partial charge in [-0.2, -0.15) is 0 Å². The second-order valence-corrected chi connectivity index (χ2v) is 9.38. The Morgan fingerprint density at radius 3 is 2.43 bits per heavy atom. The second kappa shape index (κ2) is 11.6. The number of aliphatic hydroxyl groups is 1. The lowest BCUT2D eigenvalue weighted by Gasteiger charge is -2.36. The molecule has 4 rings (SSSR count). The van der Waals surface area contributed by atoms with E-state index in [1.54, 1.807) is 30.3 Å². The number of fused-ring (bicyclic) bond motifs is 1. The Kier molecular flexibility index (Phi) is 9.07. The van der Waals surface area contributed by atoms with E-state index in [1.807, 2.05) is 27.7 Å². The van der Waals surface area contributed by atoms with E-state index in [0.29, 0.717) is 34.0 Å². The van der Waals surface area contributed by atoms with Crippen LogP contribution in [0.25, 0.3) is 11.0 Å². The van der Waals surface area contributed by atoms with E-state index in [1.165, 1.54) is 6.26 Å². The van der Waals surface area contributed by atoms with E-state index in [9.17, 15) is 9.90 Å². The smallest absolute Gasteiger partial charge is 0.235 e. The molecule has 0 aliphatic carbocycles. The van der Waals surface area contributed by atoms with Crippen LogP contribution in [-0.4, -0.2) is 54.6 Å². The van der Waals surface area contributed by atoms with Crippen molar-refractivity contribution in [2.75, 3.05) is 26.2 Å². The van der Waals surface area contributed by atoms with Gasteiger partial charge in [0, 0.05) is 30.7 Å². The molecule has 3 aromatic rings. The van der Waals surface area contributed by atoms with Crippen LogP contribution in [0.2, 0.25) is 5.02 Å². The largest absolute Gasteiger partial charge is 0.491 e. The lowest BCUT2D eigenvalue weighted by atomic mass is 10.1. The molecule has 190 valence electrons. The number of ether oxygens (including phenoxy) is 3. The van der Waals surface area contributed by atoms with Crippen molar-refractivity contribution in [1.82, 2.24) is 4.90 Å². The van der Waals surface area contributed by atoms with E-state index < -0.39 is 6.10 Å². The molecule has 0 bridgehead atoms. The van der Waals surface area contributed by atoms with Gasteiger partial charge >= 0.3 is 0 Å². The number of morpholine rings is 1. The van der Waals surface area contributed by atoms with E-state index in [2.05, 4.69) is 4.90 Å². The highest BCUT2D eigenvalue weighted by atomic mass is 35.5. The van der Waals surface area contributed by atoms with Crippen molar-refractivity contribution in [3.05, 3.63) is 63.0 Å². The molecule has 1 aliphatic heterocycles. The average molecular weight is 524 g/mol. The summed E-state index contributed by atoms with van der Waals surface area (Å²) < 4.78 is 22.9. The van der Waals surface area contributed by atoms with Crippen molar-refractivity contribution in [3.63, 3.8) is 0 Å². The van der Waals surface area contributed by atoms with Gasteiger partial charge in [-0.1, -0.05) is 11.6 Å². The van der Waals surface area contributed by atoms with Crippen LogP contribution in [-0.2, 0) is 4.74 Å². The number of aryl methyl sites for hydroxylation is 2. The van der Waals surface area contributed by atoms with Gasteiger partial charge in [-0.15, -0.1) is 12.4 Å². The SMILES string of the molecule is Cc1cc(Oc2coc3cc(OCC(O)CN4CC(C)OC(C)C4)ccc3c2=O)cc(C)c1Cl.Cl. The molecule has 1 aliphatic rings. The van der Waals surface area contributed by atoms with Gasteiger partial charge < -0.3 is 23.7 Å². The minimum atomic E-state index is -0.651. The third kappa shape index (κ3) is 6.68. The summed E-state index contributed by atoms with van der Waals surface area (Å²) in [7, 11) is 0. The zero-order chi connectivity index (χ0) is 24.4. The van der Waals surface area contributed by atoms with Gasteiger partial charge in [0.2, 0.25) is 11.2 Å². The first-order chi connectivity index (χ1) is 16.2. The van der Waals surface area contributed by atoms with Crippen molar-refractivity contribution in [3.8, 4) is 17.2 Å². The van der Waals surface area contributed by atoms with E-state index in [0.717, 1.165) is 24.2 Å². The molecule has 2 heterocycles. The number of β-amino-alcohol motifs (C(OH)–C–C–N with tert-alkyl or cyclic N) is 1. The normalized spacial score (nSPS) is 19.3. The first-order valence-corrected chi connectivity index (χ1v) is 11.8. The quantitative estimate of drug-likeness (QED) is 0.459. The lowest BCUT2D eigenvalue weighted by Crippen LogP contribution is -2.48. The van der Waals surface area contributed by atoms with Crippen LogP contribution in [0.4, 0.5) is 0 Å². The average Bonchev–Trinajstić information content (AvgIpc) is 2.77. The van der Waals surface area contributed by atoms with Crippen LogP contribution in [0.1, 0.15) is 25.0 Å². The van der Waals surface area contributed by atoms with Crippen molar-refractivity contribution >= 4 is 35.0 Å². The molecule has 0 amide bonds. The van der Waals surface area contributed by atoms with Crippen LogP contribution >= 0.6 is 24.0 Å². The molecule has 0 radical (unpaired) electrons. The monoisotopic (exact) mass is 523 g/mol. The van der Waals surface area contributed by atoms with Gasteiger partial charge in [-0.3, -0.25) is 9.69 Å². The number of rotatable bonds is 7. The summed E-state index contributed by atoms with van der Waals surface area (Å²) in [5.74, 6) is 1.12. The molecule has 2 aromatic carbocycles. The number of benzene rings is 2. The molecule has 3 atom stereocenters. The van der Waals surface area contributed by atoms with Gasteiger partial charge in [-0.05, 0) is 63.1 Å². The maximum atomic E-state index is 12.9. The molecule has 9 heteroatoms. The fraction of sp³-hybridized carbons (Fsp3) is 0.423. The summed E-state index contributed by atoms with van der Waals surface area (Å²) in [6.07, 6.45) is 0.926. The summed E-state index contributed by atoms with van der Waals surface area (Å²) in [6.45, 7) is 10.0. The number of halogens is 2. The molecule has 35 heavy (non-hydrogen) atoms. The summed E-state index contributed by atoms with van der Waals surface area (Å²) in [5, 5.41) is 11.5. The van der Waals surface area contributed by atoms with E-state index >= 15 is 0 Å². The van der Waals surface area contributed by atoms with Crippen LogP contribution in [0.15, 0.2) is 45.8 Å². The molecular weight excluding hydrogens is 493 g/mol. The van der Waals surface area contributed by atoms with Crippen LogP contribution in [0.3, 0.4) is 0 Å². The van der Waals surface area contributed by atoms with Crippen molar-refractivity contribution in [2.45, 2.75) is 46.0 Å².